The predicted molar refractivity (Wildman–Crippen MR) is 119 cm³/mol. The Morgan fingerprint density at radius 1 is 0.969 bits per heavy atom. The smallest absolute Gasteiger partial charge is 0.407 e. The van der Waals surface area contributed by atoms with E-state index in [1.807, 2.05) is 30.3 Å². The summed E-state index contributed by atoms with van der Waals surface area (Å²) in [6.45, 7) is 0.418. The van der Waals surface area contributed by atoms with Crippen LogP contribution in [0.2, 0.25) is 0 Å². The molecule has 0 bridgehead atoms. The first-order valence-corrected chi connectivity index (χ1v) is 10.2. The molecule has 2 N–H and O–H groups in total. The molecule has 32 heavy (non-hydrogen) atoms. The van der Waals surface area contributed by atoms with Crippen molar-refractivity contribution < 1.29 is 19.4 Å². The number of hydrogen-bond donors (Lipinski definition) is 2. The maximum absolute atomic E-state index is 13.1. The summed E-state index contributed by atoms with van der Waals surface area (Å²) in [5.74, 6) is 0.148. The fourth-order valence-corrected chi connectivity index (χ4v) is 3.87. The number of nitriles is 1. The molecule has 7 nitrogen and oxygen atoms in total. The quantitative estimate of drug-likeness (QED) is 0.615. The van der Waals surface area contributed by atoms with Gasteiger partial charge in [0.25, 0.3) is 0 Å². The number of anilines is 1. The standard InChI is InChI=1S/C25H21N3O4/c26-14-17-9-11-20(12-10-17)32-21-8-4-7-19(13-21)27-24(29)23-16-28(25(30)31)15-22(23)18-5-2-1-3-6-18/h1-13,22-23H,15-16H2,(H,27,29)(H,30,31)/t22-,23+/m0/s1. The van der Waals surface area contributed by atoms with E-state index >= 15 is 0 Å². The van der Waals surface area contributed by atoms with Crippen LogP contribution in [-0.2, 0) is 4.79 Å². The molecule has 3 aromatic carbocycles. The third-order valence-corrected chi connectivity index (χ3v) is 5.48. The summed E-state index contributed by atoms with van der Waals surface area (Å²) in [5, 5.41) is 21.2. The van der Waals surface area contributed by atoms with Crippen molar-refractivity contribution in [2.45, 2.75) is 5.92 Å². The van der Waals surface area contributed by atoms with Crippen LogP contribution in [0.25, 0.3) is 0 Å². The van der Waals surface area contributed by atoms with Crippen molar-refractivity contribution in [3.63, 3.8) is 0 Å². The number of nitrogens with one attached hydrogen (secondary N) is 1. The van der Waals surface area contributed by atoms with Gasteiger partial charge < -0.3 is 20.1 Å². The van der Waals surface area contributed by atoms with Crippen LogP contribution in [0.5, 0.6) is 11.5 Å². The van der Waals surface area contributed by atoms with Gasteiger partial charge in [-0.05, 0) is 42.0 Å². The molecular formula is C25H21N3O4. The zero-order valence-corrected chi connectivity index (χ0v) is 17.1. The molecule has 0 aromatic heterocycles. The highest BCUT2D eigenvalue weighted by molar-refractivity contribution is 5.94. The Balaban J connectivity index is 1.49. The van der Waals surface area contributed by atoms with Crippen LogP contribution in [0.1, 0.15) is 17.0 Å². The second kappa shape index (κ2) is 9.23. The summed E-state index contributed by atoms with van der Waals surface area (Å²) in [7, 11) is 0. The van der Waals surface area contributed by atoms with E-state index in [1.54, 1.807) is 48.5 Å². The van der Waals surface area contributed by atoms with Crippen LogP contribution in [0.3, 0.4) is 0 Å². The van der Waals surface area contributed by atoms with Gasteiger partial charge in [0.05, 0.1) is 17.6 Å². The number of nitrogens with zero attached hydrogens (tertiary/aromatic N) is 2. The third-order valence-electron chi connectivity index (χ3n) is 5.48. The highest BCUT2D eigenvalue weighted by atomic mass is 16.5. The number of benzene rings is 3. The van der Waals surface area contributed by atoms with Crippen molar-refractivity contribution in [2.24, 2.45) is 5.92 Å². The second-order valence-corrected chi connectivity index (χ2v) is 7.57. The summed E-state index contributed by atoms with van der Waals surface area (Å²) in [6, 6.07) is 25.3. The van der Waals surface area contributed by atoms with Gasteiger partial charge in [-0.25, -0.2) is 4.79 Å². The van der Waals surface area contributed by atoms with E-state index in [9.17, 15) is 14.7 Å². The second-order valence-electron chi connectivity index (χ2n) is 7.57. The molecule has 160 valence electrons. The summed E-state index contributed by atoms with van der Waals surface area (Å²) >= 11 is 0. The Bertz CT molecular complexity index is 1160. The minimum absolute atomic E-state index is 0.141. The average Bonchev–Trinajstić information content (AvgIpc) is 3.27. The van der Waals surface area contributed by atoms with Gasteiger partial charge in [0, 0.05) is 30.8 Å². The molecule has 2 amide bonds. The molecule has 0 saturated carbocycles. The lowest BCUT2D eigenvalue weighted by molar-refractivity contribution is -0.119. The van der Waals surface area contributed by atoms with Gasteiger partial charge in [-0.2, -0.15) is 5.26 Å². The van der Waals surface area contributed by atoms with Gasteiger partial charge in [0.1, 0.15) is 11.5 Å². The third kappa shape index (κ3) is 4.71. The minimum atomic E-state index is -1.03. The molecular weight excluding hydrogens is 406 g/mol. The largest absolute Gasteiger partial charge is 0.465 e. The molecule has 1 aliphatic rings. The molecule has 0 aliphatic carbocycles. The summed E-state index contributed by atoms with van der Waals surface area (Å²) in [6.07, 6.45) is -1.03. The van der Waals surface area contributed by atoms with Crippen molar-refractivity contribution >= 4 is 17.7 Å². The molecule has 0 unspecified atom stereocenters. The van der Waals surface area contributed by atoms with Crippen LogP contribution in [-0.4, -0.2) is 35.1 Å². The van der Waals surface area contributed by atoms with E-state index in [2.05, 4.69) is 11.4 Å². The van der Waals surface area contributed by atoms with Crippen molar-refractivity contribution in [1.82, 2.24) is 4.90 Å². The normalized spacial score (nSPS) is 17.4. The molecule has 2 atom stereocenters. The monoisotopic (exact) mass is 427 g/mol. The first-order chi connectivity index (χ1) is 15.5. The number of carboxylic acid groups (broad SMARTS) is 1. The Kier molecular flexibility index (Phi) is 6.04. The molecule has 3 aromatic rings. The molecule has 4 rings (SSSR count). The zero-order valence-electron chi connectivity index (χ0n) is 17.1. The number of hydrogen-bond acceptors (Lipinski definition) is 4. The van der Waals surface area contributed by atoms with Gasteiger partial charge in [0.2, 0.25) is 5.91 Å². The van der Waals surface area contributed by atoms with E-state index in [4.69, 9.17) is 10.00 Å². The van der Waals surface area contributed by atoms with E-state index in [1.165, 1.54) is 4.90 Å². The van der Waals surface area contributed by atoms with E-state index in [0.29, 0.717) is 22.7 Å². The Morgan fingerprint density at radius 3 is 2.41 bits per heavy atom. The average molecular weight is 427 g/mol. The molecule has 1 saturated heterocycles. The van der Waals surface area contributed by atoms with E-state index < -0.39 is 12.0 Å². The van der Waals surface area contributed by atoms with Gasteiger partial charge >= 0.3 is 6.09 Å². The maximum atomic E-state index is 13.1. The number of carbonyl (C=O) groups is 2. The molecule has 0 spiro atoms. The van der Waals surface area contributed by atoms with Gasteiger partial charge in [0.15, 0.2) is 0 Å². The fourth-order valence-electron chi connectivity index (χ4n) is 3.87. The van der Waals surface area contributed by atoms with Gasteiger partial charge in [-0.15, -0.1) is 0 Å². The molecule has 1 aliphatic heterocycles. The number of carbonyl (C=O) groups excluding carboxylic acids is 1. The fraction of sp³-hybridized carbons (Fsp3) is 0.160. The summed E-state index contributed by atoms with van der Waals surface area (Å²) < 4.78 is 5.82. The topological polar surface area (TPSA) is 103 Å². The van der Waals surface area contributed by atoms with E-state index in [0.717, 1.165) is 5.56 Å². The van der Waals surface area contributed by atoms with Crippen molar-refractivity contribution in [3.05, 3.63) is 90.0 Å². The van der Waals surface area contributed by atoms with Crippen molar-refractivity contribution in [2.75, 3.05) is 18.4 Å². The molecule has 1 fully saturated rings. The molecule has 1 heterocycles. The van der Waals surface area contributed by atoms with Crippen LogP contribution in [0.15, 0.2) is 78.9 Å². The van der Waals surface area contributed by atoms with Crippen LogP contribution in [0.4, 0.5) is 10.5 Å². The van der Waals surface area contributed by atoms with E-state index in [-0.39, 0.29) is 24.9 Å². The highest BCUT2D eigenvalue weighted by Crippen LogP contribution is 2.34. The summed E-state index contributed by atoms with van der Waals surface area (Å²) in [4.78, 5) is 25.9. The first-order valence-electron chi connectivity index (χ1n) is 10.2. The highest BCUT2D eigenvalue weighted by Gasteiger charge is 2.40. The minimum Gasteiger partial charge on any atom is -0.465 e. The predicted octanol–water partition coefficient (Wildman–Crippen LogP) is 4.68. The Labute approximate surface area is 185 Å². The lowest BCUT2D eigenvalue weighted by Crippen LogP contribution is -2.30. The Hall–Kier alpha value is -4.31. The van der Waals surface area contributed by atoms with Gasteiger partial charge in [-0.3, -0.25) is 4.79 Å². The lowest BCUT2D eigenvalue weighted by atomic mass is 9.88. The van der Waals surface area contributed by atoms with Crippen LogP contribution >= 0.6 is 0 Å². The number of amides is 2. The SMILES string of the molecule is N#Cc1ccc(Oc2cccc(NC(=O)[C@@H]3CN(C(=O)O)C[C@H]3c3ccccc3)c2)cc1. The number of ether oxygens (including phenoxy) is 1. The lowest BCUT2D eigenvalue weighted by Gasteiger charge is -2.18. The van der Waals surface area contributed by atoms with Crippen molar-refractivity contribution in [1.29, 1.82) is 5.26 Å². The van der Waals surface area contributed by atoms with Crippen LogP contribution in [0, 0.1) is 17.2 Å². The molecule has 0 radical (unpaired) electrons. The van der Waals surface area contributed by atoms with Crippen molar-refractivity contribution in [3.8, 4) is 17.6 Å². The summed E-state index contributed by atoms with van der Waals surface area (Å²) in [5.41, 5.74) is 2.04. The number of rotatable bonds is 5. The van der Waals surface area contributed by atoms with Gasteiger partial charge in [-0.1, -0.05) is 36.4 Å². The zero-order chi connectivity index (χ0) is 22.5. The Morgan fingerprint density at radius 2 is 1.72 bits per heavy atom. The first kappa shape index (κ1) is 20.9. The van der Waals surface area contributed by atoms with Crippen LogP contribution < -0.4 is 10.1 Å². The maximum Gasteiger partial charge on any atom is 0.407 e. The molecule has 7 heteroatoms. The number of likely N-dealkylation sites (tertiary alicyclic amines) is 1.